The van der Waals surface area contributed by atoms with E-state index in [0.717, 1.165) is 17.5 Å². The summed E-state index contributed by atoms with van der Waals surface area (Å²) in [7, 11) is 6.58. The van der Waals surface area contributed by atoms with E-state index in [0.29, 0.717) is 61.7 Å². The highest BCUT2D eigenvalue weighted by Crippen LogP contribution is 2.36. The first-order valence-electron chi connectivity index (χ1n) is 14.4. The number of carboxylic acid groups (broad SMARTS) is 1. The molecule has 0 aromatic heterocycles. The molecule has 43 heavy (non-hydrogen) atoms. The molecule has 1 heterocycles. The van der Waals surface area contributed by atoms with Crippen molar-refractivity contribution in [2.45, 2.75) is 71.1 Å². The number of anilines is 1. The number of carbonyl (C=O) groups excluding carboxylic acids is 2. The maximum atomic E-state index is 12.9. The standard InChI is InChI=1S/C27H40ClN3O5.C4H9NO2/c1-19-9-6-7-10-22(29-18-32)16-24(34-4)20(2)17-36-30-12-8-11-26(33)31(3)23-14-21(13-19)15-25(35-5)27(23)28;1-3(5-2)4(6)7/h6-7,9,14-15,18,20,22,24,30H,8,10-13,16-17H2,1-5H3,(H,29,32);3,5H,1-2H3,(H,6,7)/b7-6+,19-9+;/t20-,22?,24?;3-/m00/s1. The molecule has 4 N–H and O–H groups in total. The van der Waals surface area contributed by atoms with Crippen molar-refractivity contribution in [2.24, 2.45) is 5.92 Å². The summed E-state index contributed by atoms with van der Waals surface area (Å²) >= 11 is 6.56. The Morgan fingerprint density at radius 1 is 1.33 bits per heavy atom. The lowest BCUT2D eigenvalue weighted by Crippen LogP contribution is -2.36. The first-order valence-corrected chi connectivity index (χ1v) is 14.8. The lowest BCUT2D eigenvalue weighted by molar-refractivity contribution is -0.138. The van der Waals surface area contributed by atoms with Crippen LogP contribution in [-0.4, -0.2) is 83.0 Å². The van der Waals surface area contributed by atoms with Crippen molar-refractivity contribution in [3.63, 3.8) is 0 Å². The number of aliphatic carboxylic acids is 1. The fourth-order valence-corrected chi connectivity index (χ4v) is 4.58. The van der Waals surface area contributed by atoms with Crippen LogP contribution in [0.5, 0.6) is 5.75 Å². The van der Waals surface area contributed by atoms with Crippen LogP contribution in [0.2, 0.25) is 5.02 Å². The highest BCUT2D eigenvalue weighted by atomic mass is 35.5. The van der Waals surface area contributed by atoms with Gasteiger partial charge < -0.3 is 35.0 Å². The molecule has 2 rings (SSSR count). The van der Waals surface area contributed by atoms with Crippen LogP contribution in [-0.2, 0) is 30.4 Å². The Bertz CT molecular complexity index is 1080. The quantitative estimate of drug-likeness (QED) is 0.347. The van der Waals surface area contributed by atoms with Gasteiger partial charge in [-0.05, 0) is 64.3 Å². The van der Waals surface area contributed by atoms with Gasteiger partial charge in [0, 0.05) is 39.1 Å². The predicted molar refractivity (Wildman–Crippen MR) is 170 cm³/mol. The van der Waals surface area contributed by atoms with Crippen LogP contribution in [0, 0.1) is 5.92 Å². The van der Waals surface area contributed by atoms with Gasteiger partial charge >= 0.3 is 5.97 Å². The summed E-state index contributed by atoms with van der Waals surface area (Å²) in [5.41, 5.74) is 5.69. The van der Waals surface area contributed by atoms with Gasteiger partial charge in [0.15, 0.2) is 0 Å². The van der Waals surface area contributed by atoms with Gasteiger partial charge in [-0.3, -0.25) is 14.4 Å². The van der Waals surface area contributed by atoms with Crippen LogP contribution in [0.3, 0.4) is 0 Å². The fourth-order valence-electron chi connectivity index (χ4n) is 4.27. The fraction of sp³-hybridized carbons (Fsp3) is 0.581. The Balaban J connectivity index is 0.00000117. The molecule has 2 bridgehead atoms. The molecule has 1 aromatic carbocycles. The zero-order valence-corrected chi connectivity index (χ0v) is 27.2. The molecule has 0 aliphatic carbocycles. The van der Waals surface area contributed by atoms with Gasteiger partial charge in [-0.15, -0.1) is 0 Å². The Kier molecular flexibility index (Phi) is 18.5. The number of hydrogen-bond acceptors (Lipinski definition) is 8. The molecular formula is C31H49ClN4O7. The Morgan fingerprint density at radius 2 is 2.05 bits per heavy atom. The first-order chi connectivity index (χ1) is 20.5. The van der Waals surface area contributed by atoms with Crippen molar-refractivity contribution in [1.29, 1.82) is 0 Å². The molecule has 0 saturated carbocycles. The SMILES string of the molecule is CN[C@@H](C)C(=O)O.COc1cc2cc(c1Cl)N(C)C(=O)CCCNOC[C@H](C)C(OC)CC(NC=O)C/C=C/C=C(\C)C2. The number of nitrogens with zero attached hydrogens (tertiary/aromatic N) is 1. The van der Waals surface area contributed by atoms with Crippen molar-refractivity contribution in [1.82, 2.24) is 16.1 Å². The molecule has 0 spiro atoms. The van der Waals surface area contributed by atoms with E-state index in [1.807, 2.05) is 37.3 Å². The van der Waals surface area contributed by atoms with E-state index in [-0.39, 0.29) is 24.0 Å². The monoisotopic (exact) mass is 624 g/mol. The average Bonchev–Trinajstić information content (AvgIpc) is 2.99. The number of fused-ring (bicyclic) bond motifs is 2. The second-order valence-corrected chi connectivity index (χ2v) is 10.9. The number of amides is 2. The molecule has 1 aliphatic rings. The summed E-state index contributed by atoms with van der Waals surface area (Å²) in [6.07, 6.45) is 9.72. The first kappa shape index (κ1) is 38.1. The molecule has 0 radical (unpaired) electrons. The summed E-state index contributed by atoms with van der Waals surface area (Å²) < 4.78 is 11.2. The van der Waals surface area contributed by atoms with E-state index in [1.165, 1.54) is 0 Å². The van der Waals surface area contributed by atoms with Crippen molar-refractivity contribution in [3.8, 4) is 5.75 Å². The number of nitrogens with one attached hydrogen (secondary N) is 3. The van der Waals surface area contributed by atoms with Gasteiger partial charge in [0.25, 0.3) is 0 Å². The van der Waals surface area contributed by atoms with E-state index in [4.69, 9.17) is 31.0 Å². The maximum Gasteiger partial charge on any atom is 0.320 e. The topological polar surface area (TPSA) is 138 Å². The predicted octanol–water partition coefficient (Wildman–Crippen LogP) is 3.90. The lowest BCUT2D eigenvalue weighted by atomic mass is 9.96. The van der Waals surface area contributed by atoms with Gasteiger partial charge in [0.1, 0.15) is 16.8 Å². The zero-order chi connectivity index (χ0) is 32.4. The number of rotatable bonds is 6. The number of likely N-dealkylation sites (N-methyl/N-ethyl adjacent to an activating group) is 1. The minimum absolute atomic E-state index is 0.0412. The Labute approximate surface area is 260 Å². The van der Waals surface area contributed by atoms with Crippen LogP contribution in [0.15, 0.2) is 35.9 Å². The van der Waals surface area contributed by atoms with Gasteiger partial charge in [-0.2, -0.15) is 0 Å². The number of halogens is 1. The normalized spacial score (nSPS) is 23.7. The molecule has 2 amide bonds. The molecule has 0 saturated heterocycles. The van der Waals surface area contributed by atoms with Crippen molar-refractivity contribution < 1.29 is 33.8 Å². The number of carbonyl (C=O) groups is 3. The minimum atomic E-state index is -0.817. The maximum absolute atomic E-state index is 12.9. The second kappa shape index (κ2) is 20.9. The Morgan fingerprint density at radius 3 is 2.63 bits per heavy atom. The number of benzene rings is 1. The molecule has 0 fully saturated rings. The van der Waals surface area contributed by atoms with E-state index in [9.17, 15) is 14.4 Å². The number of hydroxylamine groups is 1. The highest BCUT2D eigenvalue weighted by Gasteiger charge is 2.22. The zero-order valence-electron chi connectivity index (χ0n) is 26.4. The summed E-state index contributed by atoms with van der Waals surface area (Å²) in [6, 6.07) is 3.36. The van der Waals surface area contributed by atoms with E-state index >= 15 is 0 Å². The molecule has 242 valence electrons. The smallest absolute Gasteiger partial charge is 0.320 e. The third-order valence-electron chi connectivity index (χ3n) is 7.13. The van der Waals surface area contributed by atoms with Gasteiger partial charge in [0.05, 0.1) is 25.5 Å². The largest absolute Gasteiger partial charge is 0.495 e. The average molecular weight is 625 g/mol. The Hall–Kier alpha value is -2.96. The van der Waals surface area contributed by atoms with Crippen LogP contribution in [0.1, 0.15) is 52.0 Å². The van der Waals surface area contributed by atoms with Crippen LogP contribution >= 0.6 is 11.6 Å². The van der Waals surface area contributed by atoms with Crippen LogP contribution < -0.4 is 25.8 Å². The third kappa shape index (κ3) is 13.9. The van der Waals surface area contributed by atoms with E-state index < -0.39 is 12.0 Å². The minimum Gasteiger partial charge on any atom is -0.495 e. The number of carboxylic acids is 1. The van der Waals surface area contributed by atoms with Crippen LogP contribution in [0.25, 0.3) is 0 Å². The summed E-state index contributed by atoms with van der Waals surface area (Å²) in [4.78, 5) is 41.1. The number of allylic oxidation sites excluding steroid dienone is 3. The molecule has 11 nitrogen and oxygen atoms in total. The second-order valence-electron chi connectivity index (χ2n) is 10.6. The summed E-state index contributed by atoms with van der Waals surface area (Å²) in [5.74, 6) is -0.219. The molecule has 4 atom stereocenters. The highest BCUT2D eigenvalue weighted by molar-refractivity contribution is 6.35. The number of hydrogen-bond donors (Lipinski definition) is 4. The third-order valence-corrected chi connectivity index (χ3v) is 7.51. The lowest BCUT2D eigenvalue weighted by Gasteiger charge is -2.26. The summed E-state index contributed by atoms with van der Waals surface area (Å²) in [5, 5.41) is 14.0. The molecule has 1 aromatic rings. The number of ether oxygens (including phenoxy) is 2. The van der Waals surface area contributed by atoms with E-state index in [1.54, 1.807) is 40.1 Å². The van der Waals surface area contributed by atoms with Crippen molar-refractivity contribution in [2.75, 3.05) is 46.4 Å². The molecule has 2 unspecified atom stereocenters. The van der Waals surface area contributed by atoms with Gasteiger partial charge in [-0.1, -0.05) is 42.3 Å². The summed E-state index contributed by atoms with van der Waals surface area (Å²) in [6.45, 7) is 6.66. The molecule has 1 aliphatic heterocycles. The molecule has 12 heteroatoms. The number of methoxy groups -OCH3 is 2. The van der Waals surface area contributed by atoms with Crippen molar-refractivity contribution in [3.05, 3.63) is 46.5 Å². The molecular weight excluding hydrogens is 576 g/mol. The van der Waals surface area contributed by atoms with Crippen molar-refractivity contribution >= 4 is 35.6 Å². The van der Waals surface area contributed by atoms with Gasteiger partial charge in [-0.25, -0.2) is 5.48 Å². The van der Waals surface area contributed by atoms with Gasteiger partial charge in [0.2, 0.25) is 12.3 Å². The van der Waals surface area contributed by atoms with E-state index in [2.05, 4.69) is 23.0 Å². The van der Waals surface area contributed by atoms with Crippen LogP contribution in [0.4, 0.5) is 5.69 Å².